The lowest BCUT2D eigenvalue weighted by Crippen LogP contribution is -2.09. The summed E-state index contributed by atoms with van der Waals surface area (Å²) < 4.78 is 14.0. The molecule has 0 fully saturated rings. The first-order valence-corrected chi connectivity index (χ1v) is 15.1. The number of imidazole rings is 1. The van der Waals surface area contributed by atoms with Gasteiger partial charge in [0.25, 0.3) is 0 Å². The molecule has 6 aromatic rings. The van der Waals surface area contributed by atoms with Crippen LogP contribution in [0.1, 0.15) is 68.5 Å². The van der Waals surface area contributed by atoms with E-state index in [-0.39, 0.29) is 5.97 Å². The second kappa shape index (κ2) is 12.7. The number of ether oxygens (including phenoxy) is 2. The molecule has 3 aromatic heterocycles. The first-order chi connectivity index (χ1) is 22.3. The SMILES string of the molecule is CCOC(=O)c1ccc(C#Cc2c3cc(Cn4c(CC)nc5c(C)cc(C)nc54)ccc3nn2-c2ccccc2C(=O)OC)cc1. The van der Waals surface area contributed by atoms with Crippen molar-refractivity contribution >= 4 is 34.0 Å². The second-order valence-corrected chi connectivity index (χ2v) is 10.9. The molecule has 0 aliphatic carbocycles. The van der Waals surface area contributed by atoms with Gasteiger partial charge in [0, 0.05) is 23.1 Å². The zero-order chi connectivity index (χ0) is 32.4. The summed E-state index contributed by atoms with van der Waals surface area (Å²) in [6, 6.07) is 22.3. The molecule has 9 heteroatoms. The Hall–Kier alpha value is -5.75. The molecular weight excluding hydrogens is 578 g/mol. The summed E-state index contributed by atoms with van der Waals surface area (Å²) in [5.41, 5.74) is 8.28. The van der Waals surface area contributed by atoms with Crippen molar-refractivity contribution in [3.8, 4) is 17.5 Å². The Labute approximate surface area is 266 Å². The maximum Gasteiger partial charge on any atom is 0.340 e. The number of hydrogen-bond donors (Lipinski definition) is 0. The molecule has 0 aliphatic heterocycles. The highest BCUT2D eigenvalue weighted by Crippen LogP contribution is 2.27. The number of methoxy groups -OCH3 is 1. The number of aryl methyl sites for hydroxylation is 3. The van der Waals surface area contributed by atoms with Gasteiger partial charge in [-0.15, -0.1) is 0 Å². The summed E-state index contributed by atoms with van der Waals surface area (Å²) in [4.78, 5) is 34.6. The maximum absolute atomic E-state index is 12.7. The molecular formula is C37H33N5O4. The monoisotopic (exact) mass is 611 g/mol. The molecule has 0 spiro atoms. The van der Waals surface area contributed by atoms with Crippen LogP contribution in [0.2, 0.25) is 0 Å². The van der Waals surface area contributed by atoms with Crippen LogP contribution in [-0.2, 0) is 22.4 Å². The molecule has 0 bridgehead atoms. The van der Waals surface area contributed by atoms with Crippen LogP contribution in [0.4, 0.5) is 0 Å². The van der Waals surface area contributed by atoms with E-state index < -0.39 is 5.97 Å². The Morgan fingerprint density at radius 3 is 2.41 bits per heavy atom. The van der Waals surface area contributed by atoms with Crippen LogP contribution < -0.4 is 0 Å². The summed E-state index contributed by atoms with van der Waals surface area (Å²) in [6.45, 7) is 8.80. The lowest BCUT2D eigenvalue weighted by atomic mass is 10.1. The smallest absolute Gasteiger partial charge is 0.340 e. The van der Waals surface area contributed by atoms with Crippen molar-refractivity contribution in [2.45, 2.75) is 40.7 Å². The molecule has 9 nitrogen and oxygen atoms in total. The number of nitrogens with zero attached hydrogens (tertiary/aromatic N) is 5. The second-order valence-electron chi connectivity index (χ2n) is 10.9. The minimum atomic E-state index is -0.471. The Morgan fingerprint density at radius 2 is 1.67 bits per heavy atom. The maximum atomic E-state index is 12.7. The Balaban J connectivity index is 1.49. The summed E-state index contributed by atoms with van der Waals surface area (Å²) in [7, 11) is 1.36. The molecule has 0 unspecified atom stereocenters. The molecule has 6 rings (SSSR count). The van der Waals surface area contributed by atoms with Gasteiger partial charge in [-0.2, -0.15) is 5.10 Å². The number of rotatable bonds is 7. The van der Waals surface area contributed by atoms with Gasteiger partial charge in [-0.05, 0) is 92.4 Å². The number of para-hydroxylation sites is 1. The molecule has 230 valence electrons. The first kappa shape index (κ1) is 30.3. The van der Waals surface area contributed by atoms with Crippen molar-refractivity contribution in [2.75, 3.05) is 13.7 Å². The number of aromatic nitrogens is 5. The molecule has 0 amide bonds. The molecule has 0 aliphatic rings. The highest BCUT2D eigenvalue weighted by Gasteiger charge is 2.19. The molecule has 3 heterocycles. The van der Waals surface area contributed by atoms with Gasteiger partial charge in [0.2, 0.25) is 0 Å². The van der Waals surface area contributed by atoms with E-state index in [9.17, 15) is 9.59 Å². The highest BCUT2D eigenvalue weighted by molar-refractivity contribution is 5.94. The molecule has 3 aromatic carbocycles. The largest absolute Gasteiger partial charge is 0.465 e. The van der Waals surface area contributed by atoms with E-state index in [0.29, 0.717) is 41.2 Å². The fourth-order valence-corrected chi connectivity index (χ4v) is 5.57. The van der Waals surface area contributed by atoms with E-state index in [2.05, 4.69) is 42.4 Å². The van der Waals surface area contributed by atoms with Crippen LogP contribution in [0.25, 0.3) is 27.8 Å². The number of fused-ring (bicyclic) bond motifs is 2. The standard InChI is InChI=1S/C37H33N5O4/c1-6-33-39-34-23(3)20-24(4)38-35(34)41(33)22-26-14-18-30-29(21-26)32(19-15-25-12-16-27(17-13-25)36(43)46-7-2)42(40-30)31-11-9-8-10-28(31)37(44)45-5/h8-14,16-18,20-21H,6-7,22H2,1-5H3. The third kappa shape index (κ3) is 5.73. The lowest BCUT2D eigenvalue weighted by Gasteiger charge is -2.09. The number of pyridine rings is 1. The van der Waals surface area contributed by atoms with Crippen molar-refractivity contribution in [2.24, 2.45) is 0 Å². The number of hydrogen-bond acceptors (Lipinski definition) is 7. The Bertz CT molecular complexity index is 2180. The van der Waals surface area contributed by atoms with Gasteiger partial charge in [0.15, 0.2) is 5.65 Å². The highest BCUT2D eigenvalue weighted by atomic mass is 16.5. The van der Waals surface area contributed by atoms with Crippen molar-refractivity contribution in [3.63, 3.8) is 0 Å². The normalized spacial score (nSPS) is 11.0. The third-order valence-corrected chi connectivity index (χ3v) is 7.75. The van der Waals surface area contributed by atoms with Gasteiger partial charge < -0.3 is 14.0 Å². The van der Waals surface area contributed by atoms with Crippen LogP contribution >= 0.6 is 0 Å². The minimum Gasteiger partial charge on any atom is -0.465 e. The number of benzene rings is 3. The fraction of sp³-hybridized carbons (Fsp3) is 0.216. The third-order valence-electron chi connectivity index (χ3n) is 7.75. The molecule has 46 heavy (non-hydrogen) atoms. The van der Waals surface area contributed by atoms with Gasteiger partial charge in [-0.3, -0.25) is 0 Å². The van der Waals surface area contributed by atoms with Gasteiger partial charge in [-0.1, -0.05) is 31.0 Å². The number of esters is 2. The molecule has 0 saturated heterocycles. The molecule has 0 atom stereocenters. The van der Waals surface area contributed by atoms with Gasteiger partial charge in [-0.25, -0.2) is 24.2 Å². The quantitative estimate of drug-likeness (QED) is 0.153. The Morgan fingerprint density at radius 1 is 0.891 bits per heavy atom. The van der Waals surface area contributed by atoms with Crippen LogP contribution in [0, 0.1) is 25.7 Å². The van der Waals surface area contributed by atoms with Crippen molar-refractivity contribution in [3.05, 3.63) is 118 Å². The molecule has 0 radical (unpaired) electrons. The van der Waals surface area contributed by atoms with E-state index in [0.717, 1.165) is 51.1 Å². The van der Waals surface area contributed by atoms with Crippen LogP contribution in [0.5, 0.6) is 0 Å². The topological polar surface area (TPSA) is 101 Å². The molecule has 0 saturated carbocycles. The van der Waals surface area contributed by atoms with E-state index in [4.69, 9.17) is 24.5 Å². The fourth-order valence-electron chi connectivity index (χ4n) is 5.57. The predicted octanol–water partition coefficient (Wildman–Crippen LogP) is 6.36. The lowest BCUT2D eigenvalue weighted by molar-refractivity contribution is 0.0525. The van der Waals surface area contributed by atoms with Crippen molar-refractivity contribution in [1.82, 2.24) is 24.3 Å². The van der Waals surface area contributed by atoms with Crippen LogP contribution in [0.15, 0.2) is 72.8 Å². The minimum absolute atomic E-state index is 0.305. The average Bonchev–Trinajstić information content (AvgIpc) is 3.61. The predicted molar refractivity (Wildman–Crippen MR) is 176 cm³/mol. The zero-order valence-electron chi connectivity index (χ0n) is 26.4. The van der Waals surface area contributed by atoms with Crippen molar-refractivity contribution in [1.29, 1.82) is 0 Å². The van der Waals surface area contributed by atoms with E-state index in [1.165, 1.54) is 7.11 Å². The number of carbonyl (C=O) groups is 2. The number of carbonyl (C=O) groups excluding carboxylic acids is 2. The van der Waals surface area contributed by atoms with E-state index in [1.807, 2.05) is 31.2 Å². The molecule has 0 N–H and O–H groups in total. The summed E-state index contributed by atoms with van der Waals surface area (Å²) >= 11 is 0. The van der Waals surface area contributed by atoms with Crippen LogP contribution in [-0.4, -0.2) is 50.0 Å². The zero-order valence-corrected chi connectivity index (χ0v) is 26.4. The van der Waals surface area contributed by atoms with E-state index in [1.54, 1.807) is 48.0 Å². The van der Waals surface area contributed by atoms with Crippen molar-refractivity contribution < 1.29 is 19.1 Å². The Kier molecular flexibility index (Phi) is 8.36. The summed E-state index contributed by atoms with van der Waals surface area (Å²) in [5.74, 6) is 6.65. The average molecular weight is 612 g/mol. The van der Waals surface area contributed by atoms with Crippen LogP contribution in [0.3, 0.4) is 0 Å². The first-order valence-electron chi connectivity index (χ1n) is 15.1. The van der Waals surface area contributed by atoms with Gasteiger partial charge in [0.1, 0.15) is 17.0 Å². The summed E-state index contributed by atoms with van der Waals surface area (Å²) in [6.07, 6.45) is 0.769. The van der Waals surface area contributed by atoms with E-state index >= 15 is 0 Å². The van der Waals surface area contributed by atoms with Gasteiger partial charge >= 0.3 is 11.9 Å². The van der Waals surface area contributed by atoms with Gasteiger partial charge in [0.05, 0.1) is 42.6 Å². The summed E-state index contributed by atoms with van der Waals surface area (Å²) in [5, 5.41) is 5.72.